The van der Waals surface area contributed by atoms with Gasteiger partial charge in [0.15, 0.2) is 0 Å². The van der Waals surface area contributed by atoms with Crippen LogP contribution in [0.5, 0.6) is 5.75 Å². The molecule has 0 radical (unpaired) electrons. The third kappa shape index (κ3) is 5.39. The van der Waals surface area contributed by atoms with E-state index in [-0.39, 0.29) is 30.3 Å². The van der Waals surface area contributed by atoms with Crippen LogP contribution in [0.3, 0.4) is 0 Å². The number of amides is 1. The molecule has 25 heavy (non-hydrogen) atoms. The highest BCUT2D eigenvalue weighted by Gasteiger charge is 2.27. The molecule has 1 amide bonds. The largest absolute Gasteiger partial charge is 0.497 e. The molecule has 0 spiro atoms. The summed E-state index contributed by atoms with van der Waals surface area (Å²) in [5, 5.41) is 2.99. The fourth-order valence-corrected chi connectivity index (χ4v) is 3.70. The number of ether oxygens (including phenoxy) is 1. The van der Waals surface area contributed by atoms with Crippen LogP contribution in [0, 0.1) is 5.92 Å². The van der Waals surface area contributed by atoms with Gasteiger partial charge in [-0.2, -0.15) is 0 Å². The Morgan fingerprint density at radius 1 is 1.08 bits per heavy atom. The molecule has 0 aliphatic heterocycles. The molecule has 0 aromatic heterocycles. The molecular formula is C19H23ClN2O2S. The van der Waals surface area contributed by atoms with Crippen molar-refractivity contribution in [1.29, 1.82) is 0 Å². The van der Waals surface area contributed by atoms with Gasteiger partial charge in [-0.1, -0.05) is 11.8 Å². The van der Waals surface area contributed by atoms with Gasteiger partial charge < -0.3 is 15.8 Å². The SMILES string of the molecule is COc1ccc(Sc2ccc(NC(=O)C3CCC(N)C3)cc2)cc1.Cl. The summed E-state index contributed by atoms with van der Waals surface area (Å²) >= 11 is 1.68. The normalized spacial score (nSPS) is 19.1. The highest BCUT2D eigenvalue weighted by Crippen LogP contribution is 2.30. The van der Waals surface area contributed by atoms with Crippen LogP contribution in [-0.4, -0.2) is 19.1 Å². The molecule has 3 N–H and O–H groups in total. The van der Waals surface area contributed by atoms with Gasteiger partial charge in [-0.15, -0.1) is 12.4 Å². The zero-order valence-electron chi connectivity index (χ0n) is 14.1. The number of nitrogens with two attached hydrogens (primary N) is 1. The highest BCUT2D eigenvalue weighted by atomic mass is 35.5. The fourth-order valence-electron chi connectivity index (χ4n) is 2.89. The van der Waals surface area contributed by atoms with Crippen LogP contribution in [0.15, 0.2) is 58.3 Å². The van der Waals surface area contributed by atoms with Gasteiger partial charge in [0.2, 0.25) is 5.91 Å². The molecule has 4 nitrogen and oxygen atoms in total. The summed E-state index contributed by atoms with van der Waals surface area (Å²) in [6.45, 7) is 0. The Morgan fingerprint density at radius 3 is 2.20 bits per heavy atom. The Labute approximate surface area is 158 Å². The van der Waals surface area contributed by atoms with E-state index in [0.29, 0.717) is 0 Å². The molecule has 6 heteroatoms. The van der Waals surface area contributed by atoms with Gasteiger partial charge in [0, 0.05) is 27.4 Å². The summed E-state index contributed by atoms with van der Waals surface area (Å²) < 4.78 is 5.16. The van der Waals surface area contributed by atoms with Crippen molar-refractivity contribution in [3.05, 3.63) is 48.5 Å². The van der Waals surface area contributed by atoms with E-state index in [0.717, 1.165) is 40.5 Å². The lowest BCUT2D eigenvalue weighted by Gasteiger charge is -2.11. The predicted molar refractivity (Wildman–Crippen MR) is 105 cm³/mol. The fraction of sp³-hybridized carbons (Fsp3) is 0.316. The molecule has 1 fully saturated rings. The first-order valence-corrected chi connectivity index (χ1v) is 8.94. The van der Waals surface area contributed by atoms with Crippen LogP contribution < -0.4 is 15.8 Å². The standard InChI is InChI=1S/C19H22N2O2S.ClH/c1-23-16-6-10-18(11-7-16)24-17-8-4-15(5-9-17)21-19(22)13-2-3-14(20)12-13;/h4-11,13-14H,2-3,12,20H2,1H3,(H,21,22);1H. The van der Waals surface area contributed by atoms with Crippen LogP contribution >= 0.6 is 24.2 Å². The Morgan fingerprint density at radius 2 is 1.68 bits per heavy atom. The lowest BCUT2D eigenvalue weighted by molar-refractivity contribution is -0.119. The second-order valence-electron chi connectivity index (χ2n) is 6.06. The number of hydrogen-bond donors (Lipinski definition) is 2. The number of benzene rings is 2. The number of nitrogens with one attached hydrogen (secondary N) is 1. The van der Waals surface area contributed by atoms with Gasteiger partial charge in [0.05, 0.1) is 7.11 Å². The van der Waals surface area contributed by atoms with Gasteiger partial charge in [0.25, 0.3) is 0 Å². The molecule has 0 heterocycles. The Bertz CT molecular complexity index is 692. The summed E-state index contributed by atoms with van der Waals surface area (Å²) in [6, 6.07) is 16.0. The van der Waals surface area contributed by atoms with Crippen LogP contribution in [0.4, 0.5) is 5.69 Å². The van der Waals surface area contributed by atoms with Gasteiger partial charge in [-0.3, -0.25) is 4.79 Å². The molecule has 0 saturated heterocycles. The lowest BCUT2D eigenvalue weighted by atomic mass is 10.1. The average Bonchev–Trinajstić information content (AvgIpc) is 3.04. The van der Waals surface area contributed by atoms with Gasteiger partial charge in [0.1, 0.15) is 5.75 Å². The van der Waals surface area contributed by atoms with Crippen molar-refractivity contribution in [2.75, 3.05) is 12.4 Å². The van der Waals surface area contributed by atoms with Crippen LogP contribution in [-0.2, 0) is 4.79 Å². The molecule has 3 rings (SSSR count). The molecule has 2 unspecified atom stereocenters. The third-order valence-corrected chi connectivity index (χ3v) is 5.28. The first-order chi connectivity index (χ1) is 11.6. The third-order valence-electron chi connectivity index (χ3n) is 4.26. The van der Waals surface area contributed by atoms with E-state index < -0.39 is 0 Å². The molecule has 1 aliphatic rings. The van der Waals surface area contributed by atoms with Crippen molar-refractivity contribution >= 4 is 35.8 Å². The maximum absolute atomic E-state index is 12.2. The molecule has 2 aromatic rings. The number of methoxy groups -OCH3 is 1. The monoisotopic (exact) mass is 378 g/mol. The Balaban J connectivity index is 0.00000225. The van der Waals surface area contributed by atoms with E-state index in [9.17, 15) is 4.79 Å². The van der Waals surface area contributed by atoms with Gasteiger partial charge in [-0.05, 0) is 67.8 Å². The van der Waals surface area contributed by atoms with Crippen LogP contribution in [0.2, 0.25) is 0 Å². The van der Waals surface area contributed by atoms with Crippen molar-refractivity contribution in [3.8, 4) is 5.75 Å². The molecule has 2 aromatic carbocycles. The summed E-state index contributed by atoms with van der Waals surface area (Å²) in [6.07, 6.45) is 2.62. The Hall–Kier alpha value is -1.69. The average molecular weight is 379 g/mol. The number of carbonyl (C=O) groups excluding carboxylic acids is 1. The lowest BCUT2D eigenvalue weighted by Crippen LogP contribution is -2.23. The topological polar surface area (TPSA) is 64.3 Å². The molecule has 2 atom stereocenters. The van der Waals surface area contributed by atoms with Crippen molar-refractivity contribution < 1.29 is 9.53 Å². The van der Waals surface area contributed by atoms with E-state index in [4.69, 9.17) is 10.5 Å². The highest BCUT2D eigenvalue weighted by molar-refractivity contribution is 7.99. The maximum atomic E-state index is 12.2. The number of rotatable bonds is 5. The van der Waals surface area contributed by atoms with Crippen molar-refractivity contribution in [2.24, 2.45) is 11.7 Å². The zero-order valence-corrected chi connectivity index (χ0v) is 15.7. The molecule has 0 bridgehead atoms. The van der Waals surface area contributed by atoms with Crippen molar-refractivity contribution in [1.82, 2.24) is 0 Å². The van der Waals surface area contributed by atoms with E-state index in [1.165, 1.54) is 0 Å². The molecule has 1 saturated carbocycles. The van der Waals surface area contributed by atoms with Gasteiger partial charge in [-0.25, -0.2) is 0 Å². The smallest absolute Gasteiger partial charge is 0.227 e. The zero-order chi connectivity index (χ0) is 16.9. The number of carbonyl (C=O) groups is 1. The predicted octanol–water partition coefficient (Wildman–Crippen LogP) is 4.33. The minimum Gasteiger partial charge on any atom is -0.497 e. The maximum Gasteiger partial charge on any atom is 0.227 e. The number of halogens is 1. The minimum absolute atomic E-state index is 0. The second-order valence-corrected chi connectivity index (χ2v) is 7.21. The minimum atomic E-state index is 0. The van der Waals surface area contributed by atoms with Crippen molar-refractivity contribution in [2.45, 2.75) is 35.1 Å². The Kier molecular flexibility index (Phi) is 7.17. The van der Waals surface area contributed by atoms with E-state index >= 15 is 0 Å². The summed E-state index contributed by atoms with van der Waals surface area (Å²) in [5.41, 5.74) is 6.71. The van der Waals surface area contributed by atoms with E-state index in [1.54, 1.807) is 18.9 Å². The van der Waals surface area contributed by atoms with Crippen molar-refractivity contribution in [3.63, 3.8) is 0 Å². The second kappa shape index (κ2) is 9.13. The quantitative estimate of drug-likeness (QED) is 0.812. The summed E-state index contributed by atoms with van der Waals surface area (Å²) in [5.74, 6) is 0.982. The molecule has 1 aliphatic carbocycles. The number of anilines is 1. The van der Waals surface area contributed by atoms with Crippen LogP contribution in [0.1, 0.15) is 19.3 Å². The first-order valence-electron chi connectivity index (χ1n) is 8.12. The van der Waals surface area contributed by atoms with E-state index in [1.807, 2.05) is 48.5 Å². The number of hydrogen-bond acceptors (Lipinski definition) is 4. The summed E-state index contributed by atoms with van der Waals surface area (Å²) in [7, 11) is 1.66. The molecule has 134 valence electrons. The van der Waals surface area contributed by atoms with Crippen LogP contribution in [0.25, 0.3) is 0 Å². The van der Waals surface area contributed by atoms with Gasteiger partial charge >= 0.3 is 0 Å². The van der Waals surface area contributed by atoms with E-state index in [2.05, 4.69) is 5.32 Å². The summed E-state index contributed by atoms with van der Waals surface area (Å²) in [4.78, 5) is 14.5. The molecular weight excluding hydrogens is 356 g/mol. The first kappa shape index (κ1) is 19.6.